The summed E-state index contributed by atoms with van der Waals surface area (Å²) in [6.45, 7) is 1.93. The Bertz CT molecular complexity index is 1430. The minimum Gasteiger partial charge on any atom is -0.481 e. The highest BCUT2D eigenvalue weighted by Gasteiger charge is 2.45. The van der Waals surface area contributed by atoms with Crippen LogP contribution in [0, 0.1) is 6.92 Å². The van der Waals surface area contributed by atoms with E-state index in [9.17, 15) is 27.9 Å². The smallest absolute Gasteiger partial charge is 0.305 e. The van der Waals surface area contributed by atoms with Gasteiger partial charge in [-0.3, -0.25) is 14.4 Å². The van der Waals surface area contributed by atoms with E-state index in [1.807, 2.05) is 13.0 Å². The lowest BCUT2D eigenvalue weighted by molar-refractivity contribution is -0.138. The number of sulfonamides is 1. The maximum Gasteiger partial charge on any atom is 0.305 e. The van der Waals surface area contributed by atoms with E-state index >= 15 is 0 Å². The Morgan fingerprint density at radius 3 is 2.61 bits per heavy atom. The highest BCUT2D eigenvalue weighted by molar-refractivity contribution is 7.91. The minimum absolute atomic E-state index is 0.00495. The van der Waals surface area contributed by atoms with E-state index < -0.39 is 46.4 Å². The highest BCUT2D eigenvalue weighted by Crippen LogP contribution is 2.29. The van der Waals surface area contributed by atoms with Crippen molar-refractivity contribution in [3.05, 3.63) is 82.0 Å². The number of aryl methyl sites for hydroxylation is 1. The lowest BCUT2D eigenvalue weighted by atomic mass is 10.0. The van der Waals surface area contributed by atoms with Crippen LogP contribution in [0.2, 0.25) is 5.15 Å². The molecule has 1 saturated heterocycles. The highest BCUT2D eigenvalue weighted by atomic mass is 35.5. The van der Waals surface area contributed by atoms with Crippen molar-refractivity contribution in [3.8, 4) is 0 Å². The van der Waals surface area contributed by atoms with Crippen LogP contribution in [0.5, 0.6) is 0 Å². The zero-order valence-electron chi connectivity index (χ0n) is 20.3. The predicted octanol–water partition coefficient (Wildman–Crippen LogP) is 3.30. The molecule has 0 bridgehead atoms. The molecule has 1 fully saturated rings. The standard InChI is InChI=1S/C25H25ClN4O6S2/c1-16-5-2-6-17(13-16)19(14-21(31)32)28-23(33)24-29(25(34)18-8-9-20(26)27-15-18)10-4-11-30(24)38(35,36)22-7-3-12-37-22/h2-3,5-9,12-13,15,19,24H,4,10-11,14H2,1H3,(H,28,33)(H,31,32). The summed E-state index contributed by atoms with van der Waals surface area (Å²) >= 11 is 6.85. The second-order valence-corrected chi connectivity index (χ2v) is 12.2. The molecular formula is C25H25ClN4O6S2. The van der Waals surface area contributed by atoms with E-state index in [4.69, 9.17) is 11.6 Å². The molecule has 2 N–H and O–H groups in total. The maximum atomic E-state index is 13.8. The average molecular weight is 577 g/mol. The number of aliphatic carboxylic acids is 1. The van der Waals surface area contributed by atoms with E-state index in [1.54, 1.807) is 29.6 Å². The van der Waals surface area contributed by atoms with Gasteiger partial charge in [-0.2, -0.15) is 4.31 Å². The first-order valence-corrected chi connectivity index (χ1v) is 14.3. The van der Waals surface area contributed by atoms with Crippen LogP contribution in [0.3, 0.4) is 0 Å². The fraction of sp³-hybridized carbons (Fsp3) is 0.280. The number of halogens is 1. The molecule has 1 aromatic carbocycles. The molecule has 0 aliphatic carbocycles. The molecule has 3 heterocycles. The number of pyridine rings is 1. The molecular weight excluding hydrogens is 552 g/mol. The van der Waals surface area contributed by atoms with Gasteiger partial charge in [-0.05, 0) is 42.5 Å². The lowest BCUT2D eigenvalue weighted by Gasteiger charge is -2.42. The molecule has 13 heteroatoms. The zero-order chi connectivity index (χ0) is 27.4. The summed E-state index contributed by atoms with van der Waals surface area (Å²) in [4.78, 5) is 44.1. The molecule has 3 aromatic rings. The third-order valence-electron chi connectivity index (χ3n) is 6.01. The Hall–Kier alpha value is -3.32. The van der Waals surface area contributed by atoms with Crippen LogP contribution in [-0.4, -0.2) is 64.8 Å². The number of nitrogens with one attached hydrogen (secondary N) is 1. The van der Waals surface area contributed by atoms with Crippen LogP contribution in [0.4, 0.5) is 0 Å². The average Bonchev–Trinajstić information content (AvgIpc) is 3.44. The van der Waals surface area contributed by atoms with Gasteiger partial charge in [0.2, 0.25) is 0 Å². The number of carboxylic acid groups (broad SMARTS) is 1. The topological polar surface area (TPSA) is 137 Å². The first kappa shape index (κ1) is 27.7. The zero-order valence-corrected chi connectivity index (χ0v) is 22.7. The van der Waals surface area contributed by atoms with Gasteiger partial charge >= 0.3 is 5.97 Å². The van der Waals surface area contributed by atoms with Crippen molar-refractivity contribution in [1.29, 1.82) is 0 Å². The molecule has 200 valence electrons. The third-order valence-corrected chi connectivity index (χ3v) is 9.46. The predicted molar refractivity (Wildman–Crippen MR) is 141 cm³/mol. The molecule has 0 radical (unpaired) electrons. The van der Waals surface area contributed by atoms with Crippen molar-refractivity contribution in [2.24, 2.45) is 0 Å². The van der Waals surface area contributed by atoms with Gasteiger partial charge in [-0.1, -0.05) is 47.5 Å². The summed E-state index contributed by atoms with van der Waals surface area (Å²) in [7, 11) is -4.15. The van der Waals surface area contributed by atoms with Crippen molar-refractivity contribution in [2.45, 2.75) is 36.2 Å². The Labute approximate surface area is 228 Å². The number of hydrogen-bond donors (Lipinski definition) is 2. The number of hydrogen-bond acceptors (Lipinski definition) is 7. The van der Waals surface area contributed by atoms with Crippen molar-refractivity contribution in [3.63, 3.8) is 0 Å². The molecule has 0 spiro atoms. The lowest BCUT2D eigenvalue weighted by Crippen LogP contribution is -2.63. The SMILES string of the molecule is Cc1cccc(C(CC(=O)O)NC(=O)C2N(C(=O)c3ccc(Cl)nc3)CCCN2S(=O)(=O)c2cccs2)c1. The van der Waals surface area contributed by atoms with E-state index in [2.05, 4.69) is 10.3 Å². The van der Waals surface area contributed by atoms with Crippen LogP contribution in [0.15, 0.2) is 64.3 Å². The molecule has 1 aliphatic rings. The quantitative estimate of drug-likeness (QED) is 0.392. The van der Waals surface area contributed by atoms with Gasteiger partial charge in [0.1, 0.15) is 9.36 Å². The molecule has 2 atom stereocenters. The van der Waals surface area contributed by atoms with Gasteiger partial charge < -0.3 is 15.3 Å². The number of nitrogens with zero attached hydrogens (tertiary/aromatic N) is 3. The molecule has 2 unspecified atom stereocenters. The van der Waals surface area contributed by atoms with Crippen molar-refractivity contribution in [1.82, 2.24) is 19.5 Å². The number of amides is 2. The van der Waals surface area contributed by atoms with E-state index in [0.29, 0.717) is 5.56 Å². The number of thiophene rings is 1. The number of carbonyl (C=O) groups is 3. The third kappa shape index (κ3) is 6.04. The number of aromatic nitrogens is 1. The number of carboxylic acids is 1. The second kappa shape index (κ2) is 11.6. The van der Waals surface area contributed by atoms with Gasteiger partial charge in [-0.25, -0.2) is 13.4 Å². The normalized spacial score (nSPS) is 17.1. The summed E-state index contributed by atoms with van der Waals surface area (Å²) in [5.41, 5.74) is 1.53. The van der Waals surface area contributed by atoms with E-state index in [-0.39, 0.29) is 34.4 Å². The fourth-order valence-corrected chi connectivity index (χ4v) is 7.11. The Morgan fingerprint density at radius 2 is 1.97 bits per heavy atom. The van der Waals surface area contributed by atoms with Crippen LogP contribution < -0.4 is 5.32 Å². The molecule has 38 heavy (non-hydrogen) atoms. The fourth-order valence-electron chi connectivity index (χ4n) is 4.29. The Morgan fingerprint density at radius 1 is 1.18 bits per heavy atom. The van der Waals surface area contributed by atoms with Crippen LogP contribution in [0.25, 0.3) is 0 Å². The minimum atomic E-state index is -4.15. The van der Waals surface area contributed by atoms with Gasteiger partial charge in [0.15, 0.2) is 6.17 Å². The van der Waals surface area contributed by atoms with Crippen LogP contribution in [-0.2, 0) is 19.6 Å². The molecule has 2 amide bonds. The van der Waals surface area contributed by atoms with E-state index in [1.165, 1.54) is 29.3 Å². The number of rotatable bonds is 8. The Balaban J connectivity index is 1.74. The van der Waals surface area contributed by atoms with Crippen LogP contribution >= 0.6 is 22.9 Å². The molecule has 10 nitrogen and oxygen atoms in total. The van der Waals surface area contributed by atoms with Gasteiger partial charge in [0, 0.05) is 19.3 Å². The Kier molecular flexibility index (Phi) is 8.46. The van der Waals surface area contributed by atoms with Crippen molar-refractivity contribution in [2.75, 3.05) is 13.1 Å². The van der Waals surface area contributed by atoms with Gasteiger partial charge in [-0.15, -0.1) is 11.3 Å². The number of benzene rings is 1. The van der Waals surface area contributed by atoms with E-state index in [0.717, 1.165) is 21.2 Å². The summed E-state index contributed by atoms with van der Waals surface area (Å²) in [6.07, 6.45) is -0.446. The first-order chi connectivity index (χ1) is 18.1. The second-order valence-electron chi connectivity index (χ2n) is 8.72. The summed E-state index contributed by atoms with van der Waals surface area (Å²) in [5, 5.41) is 14.0. The van der Waals surface area contributed by atoms with Gasteiger partial charge in [0.05, 0.1) is 18.0 Å². The van der Waals surface area contributed by atoms with Crippen LogP contribution in [0.1, 0.15) is 40.4 Å². The summed E-state index contributed by atoms with van der Waals surface area (Å²) in [6, 6.07) is 11.9. The van der Waals surface area contributed by atoms with Crippen molar-refractivity contribution < 1.29 is 27.9 Å². The molecule has 2 aromatic heterocycles. The van der Waals surface area contributed by atoms with Gasteiger partial charge in [0.25, 0.3) is 21.8 Å². The molecule has 0 saturated carbocycles. The number of carbonyl (C=O) groups excluding carboxylic acids is 2. The monoisotopic (exact) mass is 576 g/mol. The largest absolute Gasteiger partial charge is 0.481 e. The first-order valence-electron chi connectivity index (χ1n) is 11.6. The summed E-state index contributed by atoms with van der Waals surface area (Å²) in [5.74, 6) is -2.57. The van der Waals surface area contributed by atoms with Crippen molar-refractivity contribution >= 4 is 50.7 Å². The maximum absolute atomic E-state index is 13.8. The molecule has 4 rings (SSSR count). The summed E-state index contributed by atoms with van der Waals surface area (Å²) < 4.78 is 28.2. The molecule has 1 aliphatic heterocycles.